The monoisotopic (exact) mass is 333 g/mol. The Morgan fingerprint density at radius 3 is 2.46 bits per heavy atom. The summed E-state index contributed by atoms with van der Waals surface area (Å²) in [4.78, 5) is 12.2. The summed E-state index contributed by atoms with van der Waals surface area (Å²) in [5.41, 5.74) is 0.571. The van der Waals surface area contributed by atoms with Gasteiger partial charge in [0.1, 0.15) is 24.0 Å². The van der Waals surface area contributed by atoms with Crippen molar-refractivity contribution in [1.82, 2.24) is 0 Å². The third-order valence-corrected chi connectivity index (χ3v) is 3.98. The molecule has 2 atom stereocenters. The number of benzene rings is 2. The summed E-state index contributed by atoms with van der Waals surface area (Å²) in [6.07, 6.45) is 0.432. The van der Waals surface area contributed by atoms with Crippen LogP contribution < -0.4 is 10.1 Å². The lowest BCUT2D eigenvalue weighted by Crippen LogP contribution is -2.15. The molecule has 1 aliphatic rings. The fraction of sp³-hybridized carbons (Fsp3) is 0.278. The van der Waals surface area contributed by atoms with Crippen LogP contribution in [0.3, 0.4) is 0 Å². The van der Waals surface area contributed by atoms with E-state index in [1.807, 2.05) is 0 Å². The van der Waals surface area contributed by atoms with Gasteiger partial charge >= 0.3 is 0 Å². The highest BCUT2D eigenvalue weighted by molar-refractivity contribution is 5.95. The Labute approximate surface area is 138 Å². The van der Waals surface area contributed by atoms with Crippen LogP contribution in [0.1, 0.15) is 17.9 Å². The van der Waals surface area contributed by atoms with Crippen molar-refractivity contribution in [2.24, 2.45) is 5.92 Å². The molecule has 0 bridgehead atoms. The van der Waals surface area contributed by atoms with Crippen LogP contribution in [0, 0.1) is 17.6 Å². The van der Waals surface area contributed by atoms with Gasteiger partial charge in [0.15, 0.2) is 0 Å². The number of carbonyl (C=O) groups is 1. The Morgan fingerprint density at radius 1 is 1.17 bits per heavy atom. The molecule has 0 saturated heterocycles. The van der Waals surface area contributed by atoms with E-state index in [2.05, 4.69) is 5.32 Å². The number of ether oxygens (including phenoxy) is 1. The molecule has 0 heterocycles. The summed E-state index contributed by atoms with van der Waals surface area (Å²) in [5, 5.41) is 11.4. The SMILES string of the molecule is O=C(Nc1ccc(OCCO)cc1)C1CC1c1c(F)cccc1F. The summed E-state index contributed by atoms with van der Waals surface area (Å²) in [6.45, 7) is 0.123. The van der Waals surface area contributed by atoms with E-state index >= 15 is 0 Å². The zero-order valence-electron chi connectivity index (χ0n) is 12.8. The van der Waals surface area contributed by atoms with Crippen LogP contribution in [0.4, 0.5) is 14.5 Å². The Morgan fingerprint density at radius 2 is 1.83 bits per heavy atom. The number of aliphatic hydroxyl groups excluding tert-OH is 1. The second-order valence-corrected chi connectivity index (χ2v) is 5.67. The third kappa shape index (κ3) is 3.54. The van der Waals surface area contributed by atoms with Crippen molar-refractivity contribution < 1.29 is 23.4 Å². The number of halogens is 2. The highest BCUT2D eigenvalue weighted by Gasteiger charge is 2.46. The first-order chi connectivity index (χ1) is 11.6. The molecule has 1 saturated carbocycles. The van der Waals surface area contributed by atoms with E-state index in [0.717, 1.165) is 0 Å². The number of rotatable bonds is 6. The summed E-state index contributed by atoms with van der Waals surface area (Å²) in [5.74, 6) is -1.74. The van der Waals surface area contributed by atoms with Gasteiger partial charge in [-0.3, -0.25) is 4.79 Å². The molecule has 126 valence electrons. The van der Waals surface area contributed by atoms with Crippen molar-refractivity contribution >= 4 is 11.6 Å². The molecule has 6 heteroatoms. The van der Waals surface area contributed by atoms with E-state index in [0.29, 0.717) is 17.9 Å². The lowest BCUT2D eigenvalue weighted by Gasteiger charge is -2.08. The molecule has 1 fully saturated rings. The third-order valence-electron chi connectivity index (χ3n) is 3.98. The summed E-state index contributed by atoms with van der Waals surface area (Å²) < 4.78 is 32.7. The number of hydrogen-bond donors (Lipinski definition) is 2. The van der Waals surface area contributed by atoms with Gasteiger partial charge in [0.2, 0.25) is 5.91 Å². The second-order valence-electron chi connectivity index (χ2n) is 5.67. The summed E-state index contributed by atoms with van der Waals surface area (Å²) in [6, 6.07) is 10.4. The lowest BCUT2D eigenvalue weighted by molar-refractivity contribution is -0.117. The average molecular weight is 333 g/mol. The van der Waals surface area contributed by atoms with E-state index in [-0.39, 0.29) is 24.7 Å². The minimum atomic E-state index is -0.610. The van der Waals surface area contributed by atoms with Gasteiger partial charge in [-0.1, -0.05) is 6.07 Å². The maximum absolute atomic E-state index is 13.7. The molecular formula is C18H17F2NO3. The molecule has 0 radical (unpaired) electrons. The molecule has 4 nitrogen and oxygen atoms in total. The van der Waals surface area contributed by atoms with E-state index in [1.165, 1.54) is 18.2 Å². The number of amides is 1. The Balaban J connectivity index is 1.61. The van der Waals surface area contributed by atoms with Crippen molar-refractivity contribution in [1.29, 1.82) is 0 Å². The molecule has 2 unspecified atom stereocenters. The molecular weight excluding hydrogens is 316 g/mol. The highest BCUT2D eigenvalue weighted by Crippen LogP contribution is 2.49. The zero-order valence-corrected chi connectivity index (χ0v) is 12.8. The minimum absolute atomic E-state index is 0.00889. The normalized spacial score (nSPS) is 19.0. The topological polar surface area (TPSA) is 58.6 Å². The molecule has 0 aliphatic heterocycles. The van der Waals surface area contributed by atoms with Crippen LogP contribution in [0.2, 0.25) is 0 Å². The van der Waals surface area contributed by atoms with Gasteiger partial charge in [-0.25, -0.2) is 8.78 Å². The number of anilines is 1. The average Bonchev–Trinajstić information content (AvgIpc) is 3.34. The van der Waals surface area contributed by atoms with Crippen LogP contribution in [-0.2, 0) is 4.79 Å². The molecule has 2 N–H and O–H groups in total. The fourth-order valence-corrected chi connectivity index (χ4v) is 2.70. The lowest BCUT2D eigenvalue weighted by atomic mass is 10.1. The highest BCUT2D eigenvalue weighted by atomic mass is 19.1. The second kappa shape index (κ2) is 6.97. The first-order valence-electron chi connectivity index (χ1n) is 7.68. The first kappa shape index (κ1) is 16.4. The van der Waals surface area contributed by atoms with E-state index < -0.39 is 23.5 Å². The van der Waals surface area contributed by atoms with Gasteiger partial charge in [0.05, 0.1) is 6.61 Å². The van der Waals surface area contributed by atoms with Gasteiger partial charge in [0, 0.05) is 23.1 Å². The molecule has 0 spiro atoms. The van der Waals surface area contributed by atoms with Crippen LogP contribution in [-0.4, -0.2) is 24.2 Å². The van der Waals surface area contributed by atoms with Crippen LogP contribution >= 0.6 is 0 Å². The molecule has 2 aromatic rings. The smallest absolute Gasteiger partial charge is 0.228 e. The predicted molar refractivity (Wildman–Crippen MR) is 84.9 cm³/mol. The van der Waals surface area contributed by atoms with Gasteiger partial charge in [-0.05, 0) is 42.8 Å². The van der Waals surface area contributed by atoms with Gasteiger partial charge < -0.3 is 15.2 Å². The molecule has 1 amide bonds. The van der Waals surface area contributed by atoms with Crippen LogP contribution in [0.25, 0.3) is 0 Å². The number of nitrogens with one attached hydrogen (secondary N) is 1. The largest absolute Gasteiger partial charge is 0.491 e. The minimum Gasteiger partial charge on any atom is -0.491 e. The molecule has 1 aliphatic carbocycles. The Hall–Kier alpha value is -2.47. The van der Waals surface area contributed by atoms with Crippen molar-refractivity contribution in [3.8, 4) is 5.75 Å². The molecule has 24 heavy (non-hydrogen) atoms. The molecule has 2 aromatic carbocycles. The number of aliphatic hydroxyl groups is 1. The van der Waals surface area contributed by atoms with Crippen molar-refractivity contribution in [2.75, 3.05) is 18.5 Å². The van der Waals surface area contributed by atoms with Crippen molar-refractivity contribution in [2.45, 2.75) is 12.3 Å². The van der Waals surface area contributed by atoms with E-state index in [1.54, 1.807) is 24.3 Å². The Bertz CT molecular complexity index is 713. The van der Waals surface area contributed by atoms with Gasteiger partial charge in [-0.2, -0.15) is 0 Å². The molecule has 3 rings (SSSR count). The van der Waals surface area contributed by atoms with Crippen molar-refractivity contribution in [3.05, 3.63) is 59.7 Å². The van der Waals surface area contributed by atoms with E-state index in [9.17, 15) is 13.6 Å². The van der Waals surface area contributed by atoms with Gasteiger partial charge in [-0.15, -0.1) is 0 Å². The van der Waals surface area contributed by atoms with E-state index in [4.69, 9.17) is 9.84 Å². The van der Waals surface area contributed by atoms with Crippen LogP contribution in [0.5, 0.6) is 5.75 Å². The fourth-order valence-electron chi connectivity index (χ4n) is 2.70. The van der Waals surface area contributed by atoms with Crippen LogP contribution in [0.15, 0.2) is 42.5 Å². The standard InChI is InChI=1S/C18H17F2NO3/c19-15-2-1-3-16(20)17(15)13-10-14(13)18(23)21-11-4-6-12(7-5-11)24-9-8-22/h1-7,13-14,22H,8-10H2,(H,21,23). The van der Waals surface area contributed by atoms with Gasteiger partial charge in [0.25, 0.3) is 0 Å². The zero-order chi connectivity index (χ0) is 17.1. The quantitative estimate of drug-likeness (QED) is 0.854. The Kier molecular flexibility index (Phi) is 4.76. The first-order valence-corrected chi connectivity index (χ1v) is 7.68. The maximum Gasteiger partial charge on any atom is 0.228 e. The number of carbonyl (C=O) groups excluding carboxylic acids is 1. The molecule has 0 aromatic heterocycles. The maximum atomic E-state index is 13.7. The predicted octanol–water partition coefficient (Wildman–Crippen LogP) is 3.08. The van der Waals surface area contributed by atoms with Crippen molar-refractivity contribution in [3.63, 3.8) is 0 Å². The summed E-state index contributed by atoms with van der Waals surface area (Å²) >= 11 is 0. The summed E-state index contributed by atoms with van der Waals surface area (Å²) in [7, 11) is 0. The number of hydrogen-bond acceptors (Lipinski definition) is 3.